The Morgan fingerprint density at radius 3 is 2.44 bits per heavy atom. The lowest BCUT2D eigenvalue weighted by atomic mass is 10.2. The predicted octanol–water partition coefficient (Wildman–Crippen LogP) is 1.30. The zero-order valence-electron chi connectivity index (χ0n) is 10.2. The molecule has 0 aliphatic rings. The van der Waals surface area contributed by atoms with Gasteiger partial charge in [-0.15, -0.1) is 0 Å². The van der Waals surface area contributed by atoms with E-state index in [-0.39, 0.29) is 24.6 Å². The third-order valence-corrected chi connectivity index (χ3v) is 3.72. The third kappa shape index (κ3) is 7.56. The van der Waals surface area contributed by atoms with Crippen molar-refractivity contribution in [2.75, 3.05) is 18.1 Å². The van der Waals surface area contributed by atoms with Gasteiger partial charge in [0.2, 0.25) is 0 Å². The smallest absolute Gasteiger partial charge is 0.313 e. The molecule has 0 aromatic heterocycles. The minimum Gasteiger partial charge on any atom is -0.466 e. The van der Waals surface area contributed by atoms with Gasteiger partial charge in [0.1, 0.15) is 6.42 Å². The third-order valence-electron chi connectivity index (χ3n) is 2.14. The van der Waals surface area contributed by atoms with Gasteiger partial charge in [-0.25, -0.2) is 0 Å². The van der Waals surface area contributed by atoms with Gasteiger partial charge in [0.05, 0.1) is 12.4 Å². The number of Topliss-reactive ketones (excluding diaryl/α,β-unsaturated/α-hetero) is 1. The highest BCUT2D eigenvalue weighted by Crippen LogP contribution is 2.03. The van der Waals surface area contributed by atoms with Gasteiger partial charge in [-0.1, -0.05) is 20.3 Å². The lowest BCUT2D eigenvalue weighted by Crippen LogP contribution is -2.20. The van der Waals surface area contributed by atoms with E-state index in [1.54, 1.807) is 6.92 Å². The van der Waals surface area contributed by atoms with Crippen molar-refractivity contribution < 1.29 is 18.5 Å². The van der Waals surface area contributed by atoms with E-state index in [0.29, 0.717) is 11.7 Å². The van der Waals surface area contributed by atoms with E-state index in [1.807, 2.05) is 13.8 Å². The SMILES string of the molecule is CCOC(=O)CC(=O)CS(=O)CC(C)CC. The van der Waals surface area contributed by atoms with Crippen molar-refractivity contribution in [1.29, 1.82) is 0 Å². The van der Waals surface area contributed by atoms with Crippen molar-refractivity contribution in [3.63, 3.8) is 0 Å². The van der Waals surface area contributed by atoms with Crippen molar-refractivity contribution in [1.82, 2.24) is 0 Å². The Balaban J connectivity index is 3.87. The molecule has 0 saturated carbocycles. The molecule has 0 spiro atoms. The van der Waals surface area contributed by atoms with Gasteiger partial charge < -0.3 is 4.74 Å². The first-order valence-electron chi connectivity index (χ1n) is 5.51. The molecule has 0 aliphatic heterocycles. The van der Waals surface area contributed by atoms with Crippen LogP contribution in [0.2, 0.25) is 0 Å². The highest BCUT2D eigenvalue weighted by Gasteiger charge is 2.14. The second-order valence-corrected chi connectivity index (χ2v) is 5.29. The van der Waals surface area contributed by atoms with Crippen molar-refractivity contribution in [2.45, 2.75) is 33.6 Å². The molecule has 0 aliphatic carbocycles. The molecule has 2 atom stereocenters. The summed E-state index contributed by atoms with van der Waals surface area (Å²) in [5.41, 5.74) is 0. The predicted molar refractivity (Wildman–Crippen MR) is 63.6 cm³/mol. The molecule has 0 N–H and O–H groups in total. The lowest BCUT2D eigenvalue weighted by Gasteiger charge is -2.07. The summed E-state index contributed by atoms with van der Waals surface area (Å²) in [6, 6.07) is 0. The first kappa shape index (κ1) is 15.3. The maximum absolute atomic E-state index is 11.5. The molecule has 4 nitrogen and oxygen atoms in total. The second-order valence-electron chi connectivity index (χ2n) is 3.78. The number of carbonyl (C=O) groups is 2. The number of carbonyl (C=O) groups excluding carboxylic acids is 2. The van der Waals surface area contributed by atoms with E-state index in [9.17, 15) is 13.8 Å². The van der Waals surface area contributed by atoms with Crippen LogP contribution in [0.25, 0.3) is 0 Å². The van der Waals surface area contributed by atoms with Crippen molar-refractivity contribution in [2.24, 2.45) is 5.92 Å². The fourth-order valence-electron chi connectivity index (χ4n) is 1.10. The highest BCUT2D eigenvalue weighted by molar-refractivity contribution is 7.85. The zero-order valence-corrected chi connectivity index (χ0v) is 11.0. The maximum Gasteiger partial charge on any atom is 0.313 e. The van der Waals surface area contributed by atoms with Gasteiger partial charge in [0, 0.05) is 16.6 Å². The van der Waals surface area contributed by atoms with E-state index in [2.05, 4.69) is 4.74 Å². The van der Waals surface area contributed by atoms with Crippen LogP contribution in [0.5, 0.6) is 0 Å². The number of rotatable bonds is 8. The molecule has 16 heavy (non-hydrogen) atoms. The topological polar surface area (TPSA) is 60.4 Å². The first-order chi connectivity index (χ1) is 7.49. The Kier molecular flexibility index (Phi) is 8.07. The van der Waals surface area contributed by atoms with Crippen LogP contribution in [-0.4, -0.2) is 34.1 Å². The molecule has 0 heterocycles. The Labute approximate surface area is 99.2 Å². The fraction of sp³-hybridized carbons (Fsp3) is 0.818. The minimum absolute atomic E-state index is 0.0385. The fourth-order valence-corrected chi connectivity index (χ4v) is 2.55. The summed E-state index contributed by atoms with van der Waals surface area (Å²) in [4.78, 5) is 22.3. The molecular weight excluding hydrogens is 228 g/mol. The lowest BCUT2D eigenvalue weighted by molar-refractivity contribution is -0.145. The molecular formula is C11H20O4S. The maximum atomic E-state index is 11.5. The summed E-state index contributed by atoms with van der Waals surface area (Å²) in [7, 11) is -1.16. The summed E-state index contributed by atoms with van der Waals surface area (Å²) >= 11 is 0. The van der Waals surface area contributed by atoms with Crippen LogP contribution < -0.4 is 0 Å². The molecule has 0 fully saturated rings. The number of esters is 1. The first-order valence-corrected chi connectivity index (χ1v) is 7.00. The number of hydrogen-bond acceptors (Lipinski definition) is 4. The quantitative estimate of drug-likeness (QED) is 0.480. The largest absolute Gasteiger partial charge is 0.466 e. The van der Waals surface area contributed by atoms with Crippen LogP contribution in [0.15, 0.2) is 0 Å². The average molecular weight is 248 g/mol. The van der Waals surface area contributed by atoms with E-state index in [0.717, 1.165) is 6.42 Å². The Bertz CT molecular complexity index is 263. The molecule has 0 aromatic carbocycles. The molecule has 5 heteroatoms. The number of ketones is 1. The molecule has 0 saturated heterocycles. The highest BCUT2D eigenvalue weighted by atomic mass is 32.2. The molecule has 94 valence electrons. The van der Waals surface area contributed by atoms with Crippen molar-refractivity contribution in [3.8, 4) is 0 Å². The molecule has 0 amide bonds. The molecule has 0 radical (unpaired) electrons. The molecule has 0 rings (SSSR count). The summed E-state index contributed by atoms with van der Waals surface area (Å²) in [5.74, 6) is -0.0156. The Hall–Kier alpha value is -0.710. The number of hydrogen-bond donors (Lipinski definition) is 0. The van der Waals surface area contributed by atoms with Crippen LogP contribution in [0, 0.1) is 5.92 Å². The van der Waals surface area contributed by atoms with E-state index in [4.69, 9.17) is 0 Å². The van der Waals surface area contributed by atoms with Gasteiger partial charge in [-0.05, 0) is 12.8 Å². The Morgan fingerprint density at radius 2 is 1.94 bits per heavy atom. The minimum atomic E-state index is -1.16. The second kappa shape index (κ2) is 8.44. The average Bonchev–Trinajstić information content (AvgIpc) is 2.16. The number of ether oxygens (including phenoxy) is 1. The normalized spacial score (nSPS) is 14.2. The van der Waals surface area contributed by atoms with Crippen molar-refractivity contribution >= 4 is 22.6 Å². The summed E-state index contributed by atoms with van der Waals surface area (Å²) in [5, 5.41) is 0. The van der Waals surface area contributed by atoms with Crippen LogP contribution in [-0.2, 0) is 25.1 Å². The van der Waals surface area contributed by atoms with Crippen molar-refractivity contribution in [3.05, 3.63) is 0 Å². The molecule has 0 aromatic rings. The van der Waals surface area contributed by atoms with Crippen LogP contribution in [0.4, 0.5) is 0 Å². The van der Waals surface area contributed by atoms with Gasteiger partial charge in [-0.3, -0.25) is 13.8 Å². The van der Waals surface area contributed by atoms with Crippen LogP contribution in [0.1, 0.15) is 33.6 Å². The van der Waals surface area contributed by atoms with Crippen LogP contribution in [0.3, 0.4) is 0 Å². The summed E-state index contributed by atoms with van der Waals surface area (Å²) in [6.07, 6.45) is 0.678. The van der Waals surface area contributed by atoms with Crippen LogP contribution >= 0.6 is 0 Å². The van der Waals surface area contributed by atoms with Gasteiger partial charge >= 0.3 is 5.97 Å². The van der Waals surface area contributed by atoms with E-state index >= 15 is 0 Å². The van der Waals surface area contributed by atoms with E-state index in [1.165, 1.54) is 0 Å². The van der Waals surface area contributed by atoms with Gasteiger partial charge in [0.25, 0.3) is 0 Å². The summed E-state index contributed by atoms with van der Waals surface area (Å²) in [6.45, 7) is 5.96. The molecule has 2 unspecified atom stereocenters. The van der Waals surface area contributed by atoms with E-state index < -0.39 is 16.8 Å². The van der Waals surface area contributed by atoms with Gasteiger partial charge in [0.15, 0.2) is 5.78 Å². The summed E-state index contributed by atoms with van der Waals surface area (Å²) < 4.78 is 16.1. The monoisotopic (exact) mass is 248 g/mol. The molecule has 0 bridgehead atoms. The standard InChI is InChI=1S/C11H20O4S/c1-4-9(3)7-16(14)8-10(12)6-11(13)15-5-2/h9H,4-8H2,1-3H3. The zero-order chi connectivity index (χ0) is 12.6. The van der Waals surface area contributed by atoms with Gasteiger partial charge in [-0.2, -0.15) is 0 Å². The Morgan fingerprint density at radius 1 is 1.31 bits per heavy atom.